The number of rotatable bonds is 5. The summed E-state index contributed by atoms with van der Waals surface area (Å²) >= 11 is 0. The van der Waals surface area contributed by atoms with E-state index in [9.17, 15) is 26.7 Å². The first-order chi connectivity index (χ1) is 13.7. The Labute approximate surface area is 164 Å². The normalized spacial score (nSPS) is 16.0. The van der Waals surface area contributed by atoms with Gasteiger partial charge in [0.1, 0.15) is 11.6 Å². The van der Waals surface area contributed by atoms with Crippen molar-refractivity contribution in [2.45, 2.75) is 12.7 Å². The maximum atomic E-state index is 13.6. The van der Waals surface area contributed by atoms with E-state index in [0.717, 1.165) is 24.3 Å². The van der Waals surface area contributed by atoms with Crippen LogP contribution in [-0.2, 0) is 17.5 Å². The van der Waals surface area contributed by atoms with Crippen molar-refractivity contribution in [2.24, 2.45) is 0 Å². The number of hydrogen-bond donors (Lipinski definition) is 1. The zero-order valence-corrected chi connectivity index (χ0v) is 15.5. The predicted molar refractivity (Wildman–Crippen MR) is 98.1 cm³/mol. The largest absolute Gasteiger partial charge is 0.416 e. The SMILES string of the molecule is O=C(CN1CCN(Cc2cccc(C(F)(F)F)c2)CC1)Nc1ccc(F)cc1F. The van der Waals surface area contributed by atoms with E-state index in [1.54, 1.807) is 6.07 Å². The van der Waals surface area contributed by atoms with E-state index < -0.39 is 29.3 Å². The van der Waals surface area contributed by atoms with Crippen LogP contribution < -0.4 is 5.32 Å². The Morgan fingerprint density at radius 3 is 2.31 bits per heavy atom. The lowest BCUT2D eigenvalue weighted by atomic mass is 10.1. The number of nitrogens with zero attached hydrogens (tertiary/aromatic N) is 2. The number of carbonyl (C=O) groups is 1. The zero-order chi connectivity index (χ0) is 21.0. The number of nitrogens with one attached hydrogen (secondary N) is 1. The van der Waals surface area contributed by atoms with E-state index in [0.29, 0.717) is 44.4 Å². The molecular formula is C20H20F5N3O. The number of alkyl halides is 3. The highest BCUT2D eigenvalue weighted by Crippen LogP contribution is 2.29. The molecule has 1 amide bonds. The Morgan fingerprint density at radius 2 is 1.66 bits per heavy atom. The van der Waals surface area contributed by atoms with Crippen LogP contribution in [0.15, 0.2) is 42.5 Å². The van der Waals surface area contributed by atoms with Crippen LogP contribution >= 0.6 is 0 Å². The number of halogens is 5. The molecule has 156 valence electrons. The van der Waals surface area contributed by atoms with E-state index in [1.807, 2.05) is 9.80 Å². The van der Waals surface area contributed by atoms with Gasteiger partial charge in [-0.3, -0.25) is 14.6 Å². The zero-order valence-electron chi connectivity index (χ0n) is 15.5. The molecule has 0 aromatic heterocycles. The van der Waals surface area contributed by atoms with Crippen LogP contribution in [0, 0.1) is 11.6 Å². The number of carbonyl (C=O) groups excluding carboxylic acids is 1. The fraction of sp³-hybridized carbons (Fsp3) is 0.350. The molecule has 29 heavy (non-hydrogen) atoms. The first kappa shape index (κ1) is 21.2. The molecule has 2 aromatic carbocycles. The van der Waals surface area contributed by atoms with Crippen molar-refractivity contribution < 1.29 is 26.7 Å². The van der Waals surface area contributed by atoms with E-state index in [1.165, 1.54) is 6.07 Å². The van der Waals surface area contributed by atoms with Gasteiger partial charge in [-0.15, -0.1) is 0 Å². The average Bonchev–Trinajstić information content (AvgIpc) is 2.65. The number of anilines is 1. The second-order valence-corrected chi connectivity index (χ2v) is 6.92. The number of piperazine rings is 1. The van der Waals surface area contributed by atoms with E-state index in [-0.39, 0.29) is 12.2 Å². The maximum absolute atomic E-state index is 13.6. The first-order valence-electron chi connectivity index (χ1n) is 9.06. The molecule has 0 saturated carbocycles. The molecule has 0 spiro atoms. The monoisotopic (exact) mass is 413 g/mol. The van der Waals surface area contributed by atoms with Crippen LogP contribution in [0.5, 0.6) is 0 Å². The van der Waals surface area contributed by atoms with Gasteiger partial charge in [-0.05, 0) is 23.8 Å². The highest BCUT2D eigenvalue weighted by Gasteiger charge is 2.30. The molecule has 0 aliphatic carbocycles. The third-order valence-corrected chi connectivity index (χ3v) is 4.70. The average molecular weight is 413 g/mol. The summed E-state index contributed by atoms with van der Waals surface area (Å²) in [5, 5.41) is 2.41. The van der Waals surface area contributed by atoms with E-state index in [4.69, 9.17) is 0 Å². The highest BCUT2D eigenvalue weighted by molar-refractivity contribution is 5.92. The summed E-state index contributed by atoms with van der Waals surface area (Å²) in [4.78, 5) is 16.0. The number of hydrogen-bond acceptors (Lipinski definition) is 3. The fourth-order valence-corrected chi connectivity index (χ4v) is 3.19. The minimum Gasteiger partial charge on any atom is -0.322 e. The Morgan fingerprint density at radius 1 is 0.966 bits per heavy atom. The Balaban J connectivity index is 1.47. The van der Waals surface area contributed by atoms with Gasteiger partial charge in [-0.1, -0.05) is 18.2 Å². The lowest BCUT2D eigenvalue weighted by Gasteiger charge is -2.34. The maximum Gasteiger partial charge on any atom is 0.416 e. The quantitative estimate of drug-likeness (QED) is 0.759. The van der Waals surface area contributed by atoms with Gasteiger partial charge in [-0.25, -0.2) is 8.78 Å². The molecule has 0 radical (unpaired) electrons. The van der Waals surface area contributed by atoms with Crippen LogP contribution in [0.2, 0.25) is 0 Å². The fourth-order valence-electron chi connectivity index (χ4n) is 3.19. The summed E-state index contributed by atoms with van der Waals surface area (Å²) in [6.07, 6.45) is -4.37. The van der Waals surface area contributed by atoms with Crippen molar-refractivity contribution in [1.29, 1.82) is 0 Å². The van der Waals surface area contributed by atoms with Gasteiger partial charge in [0, 0.05) is 38.8 Å². The highest BCUT2D eigenvalue weighted by atomic mass is 19.4. The van der Waals surface area contributed by atoms with Crippen molar-refractivity contribution in [3.63, 3.8) is 0 Å². The van der Waals surface area contributed by atoms with Crippen LogP contribution in [0.1, 0.15) is 11.1 Å². The van der Waals surface area contributed by atoms with Gasteiger partial charge < -0.3 is 5.32 Å². The van der Waals surface area contributed by atoms with E-state index >= 15 is 0 Å². The van der Waals surface area contributed by atoms with Crippen molar-refractivity contribution in [2.75, 3.05) is 38.0 Å². The van der Waals surface area contributed by atoms with Crippen LogP contribution in [0.25, 0.3) is 0 Å². The van der Waals surface area contributed by atoms with Gasteiger partial charge in [-0.2, -0.15) is 13.2 Å². The Hall–Kier alpha value is -2.52. The first-order valence-corrected chi connectivity index (χ1v) is 9.06. The summed E-state index contributed by atoms with van der Waals surface area (Å²) in [6.45, 7) is 2.73. The molecule has 1 aliphatic rings. The molecule has 2 aromatic rings. The van der Waals surface area contributed by atoms with Crippen molar-refractivity contribution >= 4 is 11.6 Å². The van der Waals surface area contributed by atoms with Gasteiger partial charge in [0.25, 0.3) is 0 Å². The molecule has 1 heterocycles. The van der Waals surface area contributed by atoms with Gasteiger partial charge in [0.05, 0.1) is 17.8 Å². The molecule has 0 unspecified atom stereocenters. The lowest BCUT2D eigenvalue weighted by Crippen LogP contribution is -2.48. The topological polar surface area (TPSA) is 35.6 Å². The van der Waals surface area contributed by atoms with Gasteiger partial charge >= 0.3 is 6.18 Å². The molecular weight excluding hydrogens is 393 g/mol. The minimum absolute atomic E-state index is 0.0498. The Kier molecular flexibility index (Phi) is 6.49. The van der Waals surface area contributed by atoms with Crippen LogP contribution in [-0.4, -0.2) is 48.4 Å². The summed E-state index contributed by atoms with van der Waals surface area (Å²) in [5.41, 5.74) is -0.171. The third-order valence-electron chi connectivity index (χ3n) is 4.70. The number of amides is 1. The second-order valence-electron chi connectivity index (χ2n) is 6.92. The molecule has 9 heteroatoms. The van der Waals surface area contributed by atoms with Crippen molar-refractivity contribution in [3.8, 4) is 0 Å². The molecule has 0 atom stereocenters. The molecule has 1 aliphatic heterocycles. The Bertz CT molecular complexity index is 863. The second kappa shape index (κ2) is 8.87. The summed E-state index contributed by atoms with van der Waals surface area (Å²) in [6, 6.07) is 8.17. The third kappa shape index (κ3) is 5.98. The lowest BCUT2D eigenvalue weighted by molar-refractivity contribution is -0.137. The van der Waals surface area contributed by atoms with Gasteiger partial charge in [0.15, 0.2) is 0 Å². The smallest absolute Gasteiger partial charge is 0.322 e. The summed E-state index contributed by atoms with van der Waals surface area (Å²) in [7, 11) is 0. The van der Waals surface area contributed by atoms with Gasteiger partial charge in [0.2, 0.25) is 5.91 Å². The number of benzene rings is 2. The molecule has 1 N–H and O–H groups in total. The molecule has 0 bridgehead atoms. The minimum atomic E-state index is -4.37. The molecule has 4 nitrogen and oxygen atoms in total. The van der Waals surface area contributed by atoms with Crippen LogP contribution in [0.3, 0.4) is 0 Å². The molecule has 1 saturated heterocycles. The van der Waals surface area contributed by atoms with E-state index in [2.05, 4.69) is 5.32 Å². The van der Waals surface area contributed by atoms with Crippen LogP contribution in [0.4, 0.5) is 27.6 Å². The summed E-state index contributed by atoms with van der Waals surface area (Å²) < 4.78 is 65.0. The standard InChI is InChI=1S/C20H20F5N3O/c21-16-4-5-18(17(22)11-16)26-19(29)13-28-8-6-27(7-9-28)12-14-2-1-3-15(10-14)20(23,24)25/h1-5,10-11H,6-9,12-13H2,(H,26,29). The van der Waals surface area contributed by atoms with Crippen molar-refractivity contribution in [3.05, 3.63) is 65.2 Å². The molecule has 1 fully saturated rings. The van der Waals surface area contributed by atoms with Crippen molar-refractivity contribution in [1.82, 2.24) is 9.80 Å². The molecule has 3 rings (SSSR count). The summed E-state index contributed by atoms with van der Waals surface area (Å²) in [5.74, 6) is -1.98. The predicted octanol–water partition coefficient (Wildman–Crippen LogP) is 3.74.